The van der Waals surface area contributed by atoms with Crippen LogP contribution in [-0.2, 0) is 62.4 Å². The molecule has 0 fully saturated rings. The van der Waals surface area contributed by atoms with Gasteiger partial charge in [0.1, 0.15) is 41.9 Å². The van der Waals surface area contributed by atoms with E-state index in [1.54, 1.807) is 36.5 Å². The molecule has 2 aromatic carbocycles. The second-order valence-corrected chi connectivity index (χ2v) is 17.8. The van der Waals surface area contributed by atoms with Crippen molar-refractivity contribution < 1.29 is 43.2 Å². The molecule has 9 amide bonds. The summed E-state index contributed by atoms with van der Waals surface area (Å²) in [6.45, 7) is 3.11. The van der Waals surface area contributed by atoms with Gasteiger partial charge in [-0.25, -0.2) is 4.98 Å². The largest absolute Gasteiger partial charge is 0.370 e. The lowest BCUT2D eigenvalue weighted by Crippen LogP contribution is -2.60. The normalized spacial score (nSPS) is 19.9. The van der Waals surface area contributed by atoms with Gasteiger partial charge in [0.25, 0.3) is 5.91 Å². The second kappa shape index (κ2) is 28.5. The zero-order valence-corrected chi connectivity index (χ0v) is 41.5. The summed E-state index contributed by atoms with van der Waals surface area (Å²) in [5.41, 5.74) is 19.1. The number of fused-ring (bicyclic) bond motifs is 1. The number of rotatable bonds is 19. The van der Waals surface area contributed by atoms with Crippen molar-refractivity contribution in [1.82, 2.24) is 57.5 Å². The molecular formula is C50H67N15O9. The summed E-state index contributed by atoms with van der Waals surface area (Å²) >= 11 is 0. The Bertz CT molecular complexity index is 2650. The standard InChI is InChI=1S/C50H67N15O9/c1-3-4-15-35(59-29(2)66)44(69)62-38-19-20-42(67)55-21-10-17-37(46(71)63-39(43(51)68)24-31-26-57-34-16-9-8-14-33(31)34)60-45(70)36(18-11-22-56-50(52)53)61-48(73)40(23-30-12-6-5-7-13-30)64-49(74)41(65-47(38)72)25-32-27-54-28-58-32/h5-9,12-14,16-17,26-28,35-36,38-41,57H,3-4,10-11,15,18-25H2,1-2H3,(H2,51,68)(H,54,58)(H,55,67)(H,59,66)(H,60,70)(H,61,73)(H,62,69)(H,63,71)(H,64,74)(H,65,72)(H4,52,53,56)/b37-17+/t35-,36?,38-,39-,40+,41?/m0/s1. The molecule has 0 bridgehead atoms. The van der Waals surface area contributed by atoms with Crippen molar-refractivity contribution in [3.63, 3.8) is 0 Å². The van der Waals surface area contributed by atoms with E-state index >= 15 is 0 Å². The lowest BCUT2D eigenvalue weighted by molar-refractivity contribution is -0.135. The number of hydrogen-bond donors (Lipinski definition) is 13. The number of para-hydroxylation sites is 1. The molecule has 6 atom stereocenters. The van der Waals surface area contributed by atoms with Gasteiger partial charge in [-0.1, -0.05) is 74.4 Å². The van der Waals surface area contributed by atoms with Crippen LogP contribution in [0.25, 0.3) is 10.9 Å². The van der Waals surface area contributed by atoms with Crippen molar-refractivity contribution >= 4 is 70.0 Å². The van der Waals surface area contributed by atoms with Crippen LogP contribution in [0.3, 0.4) is 0 Å². The molecule has 0 saturated heterocycles. The van der Waals surface area contributed by atoms with Crippen LogP contribution in [-0.4, -0.2) is 123 Å². The number of nitrogens with zero attached hydrogens (tertiary/aromatic N) is 2. The summed E-state index contributed by atoms with van der Waals surface area (Å²) in [4.78, 5) is 138. The molecule has 2 unspecified atom stereocenters. The minimum absolute atomic E-state index is 0.0186. The SMILES string of the molecule is CCCC[C@H](NC(C)=O)C(=O)N[C@H]1CCC(=O)NCC/C=C(\C(=O)N[C@@H](Cc2c[nH]c3ccccc23)C(N)=O)NC(=O)C(CCCN=C(N)N)NC(=O)[C@@H](Cc2ccccc2)NC(=O)C(Cc2cnc[nH]2)NC1=O. The van der Waals surface area contributed by atoms with Crippen molar-refractivity contribution in [1.29, 1.82) is 0 Å². The molecule has 24 nitrogen and oxygen atoms in total. The number of aromatic nitrogens is 3. The lowest BCUT2D eigenvalue weighted by Gasteiger charge is -2.27. The number of imidazole rings is 1. The van der Waals surface area contributed by atoms with E-state index in [1.165, 1.54) is 25.5 Å². The highest BCUT2D eigenvalue weighted by Gasteiger charge is 2.34. The van der Waals surface area contributed by atoms with Crippen molar-refractivity contribution in [2.75, 3.05) is 13.1 Å². The number of hydrogen-bond acceptors (Lipinski definition) is 11. The Morgan fingerprint density at radius 1 is 0.811 bits per heavy atom. The molecule has 1 aliphatic rings. The van der Waals surface area contributed by atoms with Crippen LogP contribution in [0.1, 0.15) is 82.0 Å². The highest BCUT2D eigenvalue weighted by atomic mass is 16.2. The number of amides is 9. The molecule has 1 aliphatic heterocycles. The fourth-order valence-electron chi connectivity index (χ4n) is 8.13. The minimum atomic E-state index is -1.41. The van der Waals surface area contributed by atoms with Gasteiger partial charge in [0, 0.05) is 74.7 Å². The first kappa shape index (κ1) is 56.3. The van der Waals surface area contributed by atoms with E-state index in [-0.39, 0.29) is 82.5 Å². The Balaban J connectivity index is 1.53. The Morgan fingerprint density at radius 2 is 1.51 bits per heavy atom. The molecule has 24 heteroatoms. The number of nitrogens with two attached hydrogens (primary N) is 3. The highest BCUT2D eigenvalue weighted by Crippen LogP contribution is 2.19. The van der Waals surface area contributed by atoms with Crippen molar-refractivity contribution in [3.05, 3.63) is 102 Å². The molecule has 0 radical (unpaired) electrons. The number of aromatic amines is 2. The smallest absolute Gasteiger partial charge is 0.268 e. The molecule has 0 saturated carbocycles. The third-order valence-corrected chi connectivity index (χ3v) is 12.0. The van der Waals surface area contributed by atoms with Gasteiger partial charge in [0.05, 0.1) is 6.33 Å². The van der Waals surface area contributed by atoms with Gasteiger partial charge in [-0.05, 0) is 49.3 Å². The predicted octanol–water partition coefficient (Wildman–Crippen LogP) is -1.12. The van der Waals surface area contributed by atoms with Gasteiger partial charge >= 0.3 is 0 Å². The molecular weight excluding hydrogens is 955 g/mol. The van der Waals surface area contributed by atoms with Gasteiger partial charge in [-0.15, -0.1) is 0 Å². The number of guanidine groups is 1. The van der Waals surface area contributed by atoms with Crippen LogP contribution in [0.5, 0.6) is 0 Å². The van der Waals surface area contributed by atoms with Gasteiger partial charge in [-0.2, -0.15) is 0 Å². The molecule has 0 aliphatic carbocycles. The average Bonchev–Trinajstić information content (AvgIpc) is 4.04. The summed E-state index contributed by atoms with van der Waals surface area (Å²) in [7, 11) is 0. The summed E-state index contributed by atoms with van der Waals surface area (Å²) in [6.07, 6.45) is 6.48. The lowest BCUT2D eigenvalue weighted by atomic mass is 10.0. The van der Waals surface area contributed by atoms with Crippen molar-refractivity contribution in [2.24, 2.45) is 22.2 Å². The third-order valence-electron chi connectivity index (χ3n) is 12.0. The fraction of sp³-hybridized carbons (Fsp3) is 0.420. The molecule has 74 heavy (non-hydrogen) atoms. The number of carbonyl (C=O) groups excluding carboxylic acids is 9. The van der Waals surface area contributed by atoms with Crippen molar-refractivity contribution in [3.8, 4) is 0 Å². The summed E-state index contributed by atoms with van der Waals surface area (Å²) in [5, 5.41) is 22.2. The predicted molar refractivity (Wildman–Crippen MR) is 273 cm³/mol. The minimum Gasteiger partial charge on any atom is -0.370 e. The number of primary amides is 1. The Labute approximate surface area is 427 Å². The average molecular weight is 1020 g/mol. The third kappa shape index (κ3) is 17.9. The van der Waals surface area contributed by atoms with Gasteiger partial charge in [0.2, 0.25) is 47.3 Å². The van der Waals surface area contributed by atoms with E-state index < -0.39 is 89.4 Å². The van der Waals surface area contributed by atoms with E-state index in [0.29, 0.717) is 29.7 Å². The monoisotopic (exact) mass is 1020 g/mol. The Morgan fingerprint density at radius 3 is 2.20 bits per heavy atom. The first-order chi connectivity index (χ1) is 35.5. The van der Waals surface area contributed by atoms with Gasteiger partial charge in [0.15, 0.2) is 5.96 Å². The summed E-state index contributed by atoms with van der Waals surface area (Å²) in [6, 6.07) is 8.14. The number of carbonyl (C=O) groups is 9. The number of unbranched alkanes of at least 4 members (excludes halogenated alkanes) is 1. The van der Waals surface area contributed by atoms with E-state index in [2.05, 4.69) is 62.5 Å². The van der Waals surface area contributed by atoms with Gasteiger partial charge < -0.3 is 69.7 Å². The number of aliphatic imine (C=N–C) groups is 1. The maximum absolute atomic E-state index is 14.6. The molecule has 16 N–H and O–H groups in total. The van der Waals surface area contributed by atoms with E-state index in [9.17, 15) is 43.2 Å². The first-order valence-electron chi connectivity index (χ1n) is 24.5. The maximum atomic E-state index is 14.6. The highest BCUT2D eigenvalue weighted by molar-refractivity contribution is 6.02. The number of benzene rings is 2. The molecule has 396 valence electrons. The first-order valence-corrected chi connectivity index (χ1v) is 24.5. The van der Waals surface area contributed by atoms with Gasteiger partial charge in [-0.3, -0.25) is 48.1 Å². The van der Waals surface area contributed by atoms with Crippen LogP contribution in [0.4, 0.5) is 0 Å². The van der Waals surface area contributed by atoms with Crippen molar-refractivity contribution in [2.45, 2.75) is 121 Å². The van der Waals surface area contributed by atoms with Crippen LogP contribution in [0.2, 0.25) is 0 Å². The van der Waals surface area contributed by atoms with E-state index in [0.717, 1.165) is 10.9 Å². The quantitative estimate of drug-likeness (QED) is 0.0302. The number of H-pyrrole nitrogens is 2. The Kier molecular flexibility index (Phi) is 21.7. The van der Waals surface area contributed by atoms with Crippen LogP contribution >= 0.6 is 0 Å². The van der Waals surface area contributed by atoms with Crippen LogP contribution in [0.15, 0.2) is 90.1 Å². The molecule has 3 heterocycles. The topological polar surface area (TPSA) is 385 Å². The summed E-state index contributed by atoms with van der Waals surface area (Å²) in [5.74, 6) is -7.11. The number of nitrogens with one attached hydrogen (secondary N) is 10. The second-order valence-electron chi connectivity index (χ2n) is 17.8. The van der Waals surface area contributed by atoms with E-state index in [4.69, 9.17) is 17.2 Å². The van der Waals surface area contributed by atoms with Crippen LogP contribution in [0, 0.1) is 0 Å². The Hall–Kier alpha value is -8.57. The zero-order chi connectivity index (χ0) is 53.6. The maximum Gasteiger partial charge on any atom is 0.268 e. The van der Waals surface area contributed by atoms with Crippen LogP contribution < -0.4 is 59.7 Å². The summed E-state index contributed by atoms with van der Waals surface area (Å²) < 4.78 is 0. The van der Waals surface area contributed by atoms with E-state index in [1.807, 2.05) is 31.2 Å². The fourth-order valence-corrected chi connectivity index (χ4v) is 8.13. The zero-order valence-electron chi connectivity index (χ0n) is 41.5. The molecule has 2 aromatic heterocycles. The molecule has 0 spiro atoms. The molecule has 5 rings (SSSR count). The molecule has 4 aromatic rings.